The number of unbranched alkanes of at least 4 members (excludes halogenated alkanes) is 3. The van der Waals surface area contributed by atoms with E-state index >= 15 is 0 Å². The summed E-state index contributed by atoms with van der Waals surface area (Å²) in [6, 6.07) is 0. The highest BCUT2D eigenvalue weighted by Crippen LogP contribution is 2.07. The summed E-state index contributed by atoms with van der Waals surface area (Å²) < 4.78 is 5.12. The van der Waals surface area contributed by atoms with Crippen LogP contribution in [0.4, 0.5) is 0 Å². The molecule has 0 saturated carbocycles. The highest BCUT2D eigenvalue weighted by atomic mass is 16.6. The molecular weight excluding hydrogens is 176 g/mol. The van der Waals surface area contributed by atoms with E-state index < -0.39 is 0 Å². The van der Waals surface area contributed by atoms with E-state index in [1.165, 1.54) is 18.9 Å². The molecule has 0 fully saturated rings. The Morgan fingerprint density at radius 3 is 2.43 bits per heavy atom. The maximum Gasteiger partial charge on any atom is 0.330 e. The van der Waals surface area contributed by atoms with E-state index in [2.05, 4.69) is 6.92 Å². The second kappa shape index (κ2) is 6.63. The van der Waals surface area contributed by atoms with Gasteiger partial charge in [-0.15, -0.1) is 0 Å². The minimum Gasteiger partial charge on any atom is -0.457 e. The smallest absolute Gasteiger partial charge is 0.330 e. The predicted molar refractivity (Wildman–Crippen MR) is 59.1 cm³/mol. The maximum atomic E-state index is 11.2. The molecule has 0 aliphatic rings. The van der Waals surface area contributed by atoms with Crippen molar-refractivity contribution < 1.29 is 9.53 Å². The number of carbonyl (C=O) groups excluding carboxylic acids is 1. The largest absolute Gasteiger partial charge is 0.457 e. The van der Waals surface area contributed by atoms with Crippen LogP contribution in [0.15, 0.2) is 12.2 Å². The predicted octanol–water partition coefficient (Wildman–Crippen LogP) is 3.46. The number of hydrogen-bond acceptors (Lipinski definition) is 2. The van der Waals surface area contributed by atoms with Gasteiger partial charge in [-0.2, -0.15) is 0 Å². The summed E-state index contributed by atoms with van der Waals surface area (Å²) in [7, 11) is 0. The number of esters is 1. The number of allylic oxidation sites excluding steroid dienone is 1. The third-order valence-electron chi connectivity index (χ3n) is 1.64. The zero-order valence-electron chi connectivity index (χ0n) is 9.80. The lowest BCUT2D eigenvalue weighted by molar-refractivity contribution is -0.148. The lowest BCUT2D eigenvalue weighted by atomic mass is 10.2. The molecule has 2 nitrogen and oxygen atoms in total. The first kappa shape index (κ1) is 13.2. The van der Waals surface area contributed by atoms with Gasteiger partial charge in [-0.1, -0.05) is 25.8 Å². The molecule has 0 bridgehead atoms. The molecule has 0 heterocycles. The van der Waals surface area contributed by atoms with Crippen molar-refractivity contribution >= 4 is 5.97 Å². The fourth-order valence-corrected chi connectivity index (χ4v) is 1.03. The molecule has 0 aliphatic carbocycles. The van der Waals surface area contributed by atoms with Gasteiger partial charge in [-0.25, -0.2) is 4.79 Å². The van der Waals surface area contributed by atoms with E-state index in [0.29, 0.717) is 0 Å². The summed E-state index contributed by atoms with van der Waals surface area (Å²) in [5.41, 5.74) is -0.384. The SMILES string of the molecule is CCCCC/C=C/C(=O)OC(C)(C)C. The van der Waals surface area contributed by atoms with E-state index in [9.17, 15) is 4.79 Å². The van der Waals surface area contributed by atoms with Crippen molar-refractivity contribution in [2.45, 2.75) is 59.0 Å². The highest BCUT2D eigenvalue weighted by Gasteiger charge is 2.13. The molecule has 0 atom stereocenters. The monoisotopic (exact) mass is 198 g/mol. The Kier molecular flexibility index (Phi) is 6.26. The number of carbonyl (C=O) groups is 1. The summed E-state index contributed by atoms with van der Waals surface area (Å²) in [6.07, 6.45) is 7.96. The Balaban J connectivity index is 3.61. The third kappa shape index (κ3) is 9.30. The standard InChI is InChI=1S/C12H22O2/c1-5-6-7-8-9-10-11(13)14-12(2,3)4/h9-10H,5-8H2,1-4H3/b10-9+. The van der Waals surface area contributed by atoms with E-state index in [1.54, 1.807) is 0 Å². The molecule has 0 aromatic rings. The van der Waals surface area contributed by atoms with Crippen LogP contribution in [0.2, 0.25) is 0 Å². The Labute approximate surface area is 87.3 Å². The van der Waals surface area contributed by atoms with Crippen molar-refractivity contribution in [2.75, 3.05) is 0 Å². The minimum absolute atomic E-state index is 0.242. The Morgan fingerprint density at radius 1 is 1.29 bits per heavy atom. The van der Waals surface area contributed by atoms with Crippen molar-refractivity contribution in [2.24, 2.45) is 0 Å². The van der Waals surface area contributed by atoms with Crippen LogP contribution >= 0.6 is 0 Å². The molecule has 0 aromatic heterocycles. The van der Waals surface area contributed by atoms with E-state index in [1.807, 2.05) is 26.8 Å². The van der Waals surface area contributed by atoms with Crippen LogP contribution in [0, 0.1) is 0 Å². The van der Waals surface area contributed by atoms with Crippen molar-refractivity contribution in [3.63, 3.8) is 0 Å². The van der Waals surface area contributed by atoms with Gasteiger partial charge in [0.1, 0.15) is 5.60 Å². The molecule has 0 unspecified atom stereocenters. The van der Waals surface area contributed by atoms with Gasteiger partial charge in [0.05, 0.1) is 0 Å². The molecule has 0 N–H and O–H groups in total. The van der Waals surface area contributed by atoms with Crippen LogP contribution in [-0.4, -0.2) is 11.6 Å². The van der Waals surface area contributed by atoms with E-state index in [0.717, 1.165) is 12.8 Å². The summed E-state index contributed by atoms with van der Waals surface area (Å²) >= 11 is 0. The first-order valence-corrected chi connectivity index (χ1v) is 5.35. The topological polar surface area (TPSA) is 26.3 Å². The number of rotatable bonds is 5. The molecular formula is C12H22O2. The van der Waals surface area contributed by atoms with E-state index in [4.69, 9.17) is 4.74 Å². The molecule has 2 heteroatoms. The van der Waals surface area contributed by atoms with Gasteiger partial charge < -0.3 is 4.74 Å². The quantitative estimate of drug-likeness (QED) is 0.384. The molecule has 14 heavy (non-hydrogen) atoms. The maximum absolute atomic E-state index is 11.2. The van der Waals surface area contributed by atoms with Crippen LogP contribution in [0.5, 0.6) is 0 Å². The molecule has 82 valence electrons. The molecule has 0 saturated heterocycles. The van der Waals surface area contributed by atoms with Gasteiger partial charge in [0.25, 0.3) is 0 Å². The normalized spacial score (nSPS) is 12.0. The number of hydrogen-bond donors (Lipinski definition) is 0. The van der Waals surface area contributed by atoms with Crippen LogP contribution < -0.4 is 0 Å². The zero-order valence-corrected chi connectivity index (χ0v) is 9.80. The van der Waals surface area contributed by atoms with Crippen molar-refractivity contribution in [3.8, 4) is 0 Å². The second-order valence-corrected chi connectivity index (χ2v) is 4.43. The summed E-state index contributed by atoms with van der Waals surface area (Å²) in [5, 5.41) is 0. The van der Waals surface area contributed by atoms with Gasteiger partial charge >= 0.3 is 5.97 Å². The Hall–Kier alpha value is -0.790. The molecule has 0 spiro atoms. The van der Waals surface area contributed by atoms with Crippen molar-refractivity contribution in [1.29, 1.82) is 0 Å². The number of ether oxygens (including phenoxy) is 1. The lowest BCUT2D eigenvalue weighted by Crippen LogP contribution is -2.22. The summed E-state index contributed by atoms with van der Waals surface area (Å²) in [6.45, 7) is 7.78. The van der Waals surface area contributed by atoms with Crippen molar-refractivity contribution in [1.82, 2.24) is 0 Å². The average Bonchev–Trinajstić information content (AvgIpc) is 2.00. The van der Waals surface area contributed by atoms with Gasteiger partial charge in [0.2, 0.25) is 0 Å². The zero-order chi connectivity index (χ0) is 11.0. The third-order valence-corrected chi connectivity index (χ3v) is 1.64. The summed E-state index contributed by atoms with van der Waals surface area (Å²) in [5.74, 6) is -0.242. The minimum atomic E-state index is -0.384. The fourth-order valence-electron chi connectivity index (χ4n) is 1.03. The fraction of sp³-hybridized carbons (Fsp3) is 0.750. The Morgan fingerprint density at radius 2 is 1.93 bits per heavy atom. The molecule has 0 aromatic carbocycles. The van der Waals surface area contributed by atoms with Crippen molar-refractivity contribution in [3.05, 3.63) is 12.2 Å². The van der Waals surface area contributed by atoms with E-state index in [-0.39, 0.29) is 11.6 Å². The van der Waals surface area contributed by atoms with Gasteiger partial charge in [0.15, 0.2) is 0 Å². The first-order valence-electron chi connectivity index (χ1n) is 5.35. The van der Waals surface area contributed by atoms with Crippen LogP contribution in [0.25, 0.3) is 0 Å². The van der Waals surface area contributed by atoms with Crippen LogP contribution in [0.3, 0.4) is 0 Å². The van der Waals surface area contributed by atoms with Crippen LogP contribution in [-0.2, 0) is 9.53 Å². The second-order valence-electron chi connectivity index (χ2n) is 4.43. The van der Waals surface area contributed by atoms with Gasteiger partial charge in [0, 0.05) is 6.08 Å². The molecule has 0 amide bonds. The molecule has 0 rings (SSSR count). The van der Waals surface area contributed by atoms with Gasteiger partial charge in [-0.05, 0) is 33.6 Å². The average molecular weight is 198 g/mol. The van der Waals surface area contributed by atoms with Gasteiger partial charge in [-0.3, -0.25) is 0 Å². The van der Waals surface area contributed by atoms with Crippen LogP contribution in [0.1, 0.15) is 53.4 Å². The first-order chi connectivity index (χ1) is 6.45. The Bertz CT molecular complexity index is 187. The lowest BCUT2D eigenvalue weighted by Gasteiger charge is -2.17. The molecule has 0 radical (unpaired) electrons. The highest BCUT2D eigenvalue weighted by molar-refractivity contribution is 5.82. The summed E-state index contributed by atoms with van der Waals surface area (Å²) in [4.78, 5) is 11.2. The molecule has 0 aliphatic heterocycles.